The van der Waals surface area contributed by atoms with Crippen LogP contribution in [0.15, 0.2) is 65.7 Å². The molecule has 188 valence electrons. The molecule has 0 aromatic heterocycles. The Morgan fingerprint density at radius 2 is 1.84 bits per heavy atom. The lowest BCUT2D eigenvalue weighted by molar-refractivity contribution is -0.118. The van der Waals surface area contributed by atoms with Crippen molar-refractivity contribution in [1.29, 1.82) is 0 Å². The van der Waals surface area contributed by atoms with Gasteiger partial charge in [-0.2, -0.15) is 0 Å². The summed E-state index contributed by atoms with van der Waals surface area (Å²) in [6.45, 7) is 0.481. The summed E-state index contributed by atoms with van der Waals surface area (Å²) in [6, 6.07) is 19.2. The van der Waals surface area contributed by atoms with Gasteiger partial charge in [0.05, 0.1) is 17.8 Å². The molecule has 0 radical (unpaired) electrons. The summed E-state index contributed by atoms with van der Waals surface area (Å²) >= 11 is 6.38. The van der Waals surface area contributed by atoms with Gasteiger partial charge in [-0.15, -0.1) is 0 Å². The average Bonchev–Trinajstić information content (AvgIpc) is 3.71. The number of fused-ring (bicyclic) bond motifs is 2. The van der Waals surface area contributed by atoms with Crippen LogP contribution in [0.25, 0.3) is 0 Å². The van der Waals surface area contributed by atoms with E-state index in [0.717, 1.165) is 27.9 Å². The zero-order chi connectivity index (χ0) is 25.5. The van der Waals surface area contributed by atoms with Gasteiger partial charge in [0, 0.05) is 41.4 Å². The van der Waals surface area contributed by atoms with Crippen LogP contribution in [0.4, 0.5) is 11.4 Å². The third-order valence-electron chi connectivity index (χ3n) is 7.37. The summed E-state index contributed by atoms with van der Waals surface area (Å²) in [6.07, 6.45) is 3.84. The fraction of sp³-hybridized carbons (Fsp3) is 0.300. The van der Waals surface area contributed by atoms with E-state index in [0.29, 0.717) is 48.1 Å². The number of halogens is 1. The Hall–Kier alpha value is -3.48. The lowest BCUT2D eigenvalue weighted by Gasteiger charge is -2.18. The molecule has 0 spiro atoms. The van der Waals surface area contributed by atoms with Gasteiger partial charge < -0.3 is 15.3 Å². The van der Waals surface area contributed by atoms with Crippen LogP contribution in [0, 0.1) is 0 Å². The second-order valence-electron chi connectivity index (χ2n) is 10.0. The number of hydrogen-bond acceptors (Lipinski definition) is 4. The SMILES string of the molecule is O=C1Nc2ccc(Cl)cc2C(c2ccc3c(c2)N(CCCO)C(=O)C3)=NC1Cc1ccc(C2CC2)cc1. The number of anilines is 2. The van der Waals surface area contributed by atoms with Gasteiger partial charge >= 0.3 is 0 Å². The zero-order valence-electron chi connectivity index (χ0n) is 20.4. The highest BCUT2D eigenvalue weighted by atomic mass is 35.5. The molecule has 2 N–H and O–H groups in total. The minimum atomic E-state index is -0.617. The summed E-state index contributed by atoms with van der Waals surface area (Å²) in [4.78, 5) is 32.7. The summed E-state index contributed by atoms with van der Waals surface area (Å²) in [5.74, 6) is 0.546. The Morgan fingerprint density at radius 1 is 1.03 bits per heavy atom. The molecule has 3 aromatic carbocycles. The van der Waals surface area contributed by atoms with E-state index >= 15 is 0 Å². The van der Waals surface area contributed by atoms with Gasteiger partial charge in [0.25, 0.3) is 0 Å². The zero-order valence-corrected chi connectivity index (χ0v) is 21.2. The molecule has 3 aromatic rings. The van der Waals surface area contributed by atoms with Crippen molar-refractivity contribution in [2.45, 2.75) is 44.1 Å². The summed E-state index contributed by atoms with van der Waals surface area (Å²) in [5.41, 5.74) is 7.10. The summed E-state index contributed by atoms with van der Waals surface area (Å²) in [5, 5.41) is 12.9. The van der Waals surface area contributed by atoms with E-state index in [2.05, 4.69) is 29.6 Å². The number of aliphatic hydroxyl groups excluding tert-OH is 1. The Morgan fingerprint density at radius 3 is 2.59 bits per heavy atom. The normalized spacial score (nSPS) is 18.7. The van der Waals surface area contributed by atoms with E-state index in [-0.39, 0.29) is 18.4 Å². The molecule has 0 saturated heterocycles. The molecule has 7 heteroatoms. The quantitative estimate of drug-likeness (QED) is 0.472. The van der Waals surface area contributed by atoms with Gasteiger partial charge in [-0.1, -0.05) is 48.0 Å². The largest absolute Gasteiger partial charge is 0.396 e. The molecular formula is C30H28ClN3O3. The van der Waals surface area contributed by atoms with Crippen LogP contribution >= 0.6 is 11.6 Å². The number of rotatable bonds is 7. The lowest BCUT2D eigenvalue weighted by Crippen LogP contribution is -2.28. The fourth-order valence-corrected chi connectivity index (χ4v) is 5.41. The molecule has 3 aliphatic rings. The molecule has 6 nitrogen and oxygen atoms in total. The third-order valence-corrected chi connectivity index (χ3v) is 7.61. The van der Waals surface area contributed by atoms with Crippen LogP contribution in [0.2, 0.25) is 5.02 Å². The van der Waals surface area contributed by atoms with E-state index in [1.54, 1.807) is 11.0 Å². The highest BCUT2D eigenvalue weighted by Gasteiger charge is 2.30. The maximum atomic E-state index is 13.3. The molecule has 1 unspecified atom stereocenters. The standard InChI is InChI=1S/C30H28ClN3O3/c31-23-10-11-25-24(17-23)29(22-9-8-21-16-28(36)34(12-1-13-35)27(21)15-22)32-26(30(37)33-25)14-18-2-4-19(5-3-18)20-6-7-20/h2-5,8-11,15,17,20,26,35H,1,6-7,12-14,16H2,(H,33,37). The number of aliphatic hydroxyl groups is 1. The number of amides is 2. The van der Waals surface area contributed by atoms with E-state index in [9.17, 15) is 14.7 Å². The fourth-order valence-electron chi connectivity index (χ4n) is 5.23. The van der Waals surface area contributed by atoms with Gasteiger partial charge in [-0.05, 0) is 66.1 Å². The van der Waals surface area contributed by atoms with Crippen molar-refractivity contribution in [1.82, 2.24) is 0 Å². The Labute approximate surface area is 221 Å². The topological polar surface area (TPSA) is 82.0 Å². The first-order chi connectivity index (χ1) is 18.0. The van der Waals surface area contributed by atoms with Crippen molar-refractivity contribution in [3.8, 4) is 0 Å². The predicted octanol–water partition coefficient (Wildman–Crippen LogP) is 4.89. The number of carbonyl (C=O) groups is 2. The number of benzene rings is 3. The maximum absolute atomic E-state index is 13.3. The van der Waals surface area contributed by atoms with Crippen LogP contribution in [-0.2, 0) is 22.4 Å². The minimum absolute atomic E-state index is 0.0223. The molecule has 1 fully saturated rings. The lowest BCUT2D eigenvalue weighted by atomic mass is 9.98. The van der Waals surface area contributed by atoms with Crippen molar-refractivity contribution in [2.24, 2.45) is 4.99 Å². The smallest absolute Gasteiger partial charge is 0.249 e. The van der Waals surface area contributed by atoms with Crippen molar-refractivity contribution < 1.29 is 14.7 Å². The number of benzodiazepines with no additional fused rings is 1. The highest BCUT2D eigenvalue weighted by molar-refractivity contribution is 6.32. The molecule has 1 aliphatic carbocycles. The highest BCUT2D eigenvalue weighted by Crippen LogP contribution is 2.40. The molecule has 6 rings (SSSR count). The maximum Gasteiger partial charge on any atom is 0.249 e. The molecular weight excluding hydrogens is 486 g/mol. The van der Waals surface area contributed by atoms with E-state index < -0.39 is 6.04 Å². The van der Waals surface area contributed by atoms with Crippen molar-refractivity contribution >= 4 is 40.5 Å². The first kappa shape index (κ1) is 23.9. The Bertz CT molecular complexity index is 1410. The van der Waals surface area contributed by atoms with Crippen LogP contribution in [0.3, 0.4) is 0 Å². The average molecular weight is 514 g/mol. The van der Waals surface area contributed by atoms with E-state index in [1.807, 2.05) is 30.3 Å². The second-order valence-corrected chi connectivity index (χ2v) is 10.5. The molecule has 1 atom stereocenters. The first-order valence-corrected chi connectivity index (χ1v) is 13.2. The van der Waals surface area contributed by atoms with Crippen LogP contribution in [0.5, 0.6) is 0 Å². The van der Waals surface area contributed by atoms with Crippen molar-refractivity contribution in [2.75, 3.05) is 23.4 Å². The summed E-state index contributed by atoms with van der Waals surface area (Å²) < 4.78 is 0. The van der Waals surface area contributed by atoms with Crippen molar-refractivity contribution in [3.05, 3.63) is 93.5 Å². The molecule has 2 heterocycles. The van der Waals surface area contributed by atoms with Gasteiger partial charge in [0.15, 0.2) is 0 Å². The first-order valence-electron chi connectivity index (χ1n) is 12.8. The number of hydrogen-bond donors (Lipinski definition) is 2. The van der Waals surface area contributed by atoms with E-state index in [4.69, 9.17) is 16.6 Å². The van der Waals surface area contributed by atoms with E-state index in [1.165, 1.54) is 18.4 Å². The second kappa shape index (κ2) is 9.77. The number of aliphatic imine (C=N–C) groups is 1. The molecule has 2 amide bonds. The molecule has 37 heavy (non-hydrogen) atoms. The minimum Gasteiger partial charge on any atom is -0.396 e. The van der Waals surface area contributed by atoms with Gasteiger partial charge in [0.2, 0.25) is 11.8 Å². The molecule has 1 saturated carbocycles. The van der Waals surface area contributed by atoms with Gasteiger partial charge in [-0.25, -0.2) is 0 Å². The van der Waals surface area contributed by atoms with Crippen molar-refractivity contribution in [3.63, 3.8) is 0 Å². The predicted molar refractivity (Wildman–Crippen MR) is 146 cm³/mol. The van der Waals surface area contributed by atoms with Gasteiger partial charge in [0.1, 0.15) is 6.04 Å². The number of nitrogens with zero attached hydrogens (tertiary/aromatic N) is 2. The van der Waals surface area contributed by atoms with Crippen LogP contribution in [-0.4, -0.2) is 41.8 Å². The summed E-state index contributed by atoms with van der Waals surface area (Å²) in [7, 11) is 0. The third kappa shape index (κ3) is 4.79. The molecule has 0 bridgehead atoms. The number of nitrogens with one attached hydrogen (secondary N) is 1. The number of carbonyl (C=O) groups excluding carboxylic acids is 2. The Kier molecular flexibility index (Phi) is 6.31. The monoisotopic (exact) mass is 513 g/mol. The van der Waals surface area contributed by atoms with Crippen LogP contribution < -0.4 is 10.2 Å². The van der Waals surface area contributed by atoms with Gasteiger partial charge in [-0.3, -0.25) is 14.6 Å². The Balaban J connectivity index is 1.40. The van der Waals surface area contributed by atoms with Crippen LogP contribution in [0.1, 0.15) is 53.0 Å². The molecule has 2 aliphatic heterocycles.